The molecule has 1 N–H and O–H groups in total. The highest BCUT2D eigenvalue weighted by atomic mass is 32.2. The molecule has 1 saturated heterocycles. The molecule has 1 aliphatic rings. The molecule has 42 heavy (non-hydrogen) atoms. The molecule has 1 aromatic heterocycles. The van der Waals surface area contributed by atoms with Crippen LogP contribution in [0.25, 0.3) is 5.69 Å². The van der Waals surface area contributed by atoms with Crippen LogP contribution in [0.4, 0.5) is 0 Å². The van der Waals surface area contributed by atoms with Gasteiger partial charge in [0.2, 0.25) is 5.91 Å². The number of ether oxygens (including phenoxy) is 2. The van der Waals surface area contributed by atoms with Gasteiger partial charge in [0.25, 0.3) is 5.91 Å². The number of rotatable bonds is 11. The highest BCUT2D eigenvalue weighted by molar-refractivity contribution is 7.99. The number of carbonyl (C=O) groups excluding carboxylic acids is 2. The van der Waals surface area contributed by atoms with Gasteiger partial charge in [-0.15, -0.1) is 10.2 Å². The van der Waals surface area contributed by atoms with E-state index in [0.717, 1.165) is 38.0 Å². The Morgan fingerprint density at radius 1 is 0.905 bits per heavy atom. The van der Waals surface area contributed by atoms with Gasteiger partial charge in [-0.1, -0.05) is 54.2 Å². The number of nitrogens with one attached hydrogen (secondary N) is 1. The maximum Gasteiger partial charge on any atom is 0.251 e. The van der Waals surface area contributed by atoms with Crippen molar-refractivity contribution in [3.05, 3.63) is 95.8 Å². The molecule has 0 unspecified atom stereocenters. The smallest absolute Gasteiger partial charge is 0.251 e. The summed E-state index contributed by atoms with van der Waals surface area (Å²) >= 11 is 1.34. The van der Waals surface area contributed by atoms with Crippen LogP contribution in [0.15, 0.2) is 84.0 Å². The Bertz CT molecular complexity index is 1480. The second-order valence-electron chi connectivity index (χ2n) is 10.1. The largest absolute Gasteiger partial charge is 0.497 e. The molecule has 0 atom stereocenters. The second-order valence-corrected chi connectivity index (χ2v) is 11.1. The Balaban J connectivity index is 1.24. The molecule has 9 nitrogen and oxygen atoms in total. The lowest BCUT2D eigenvalue weighted by molar-refractivity contribution is -0.129. The van der Waals surface area contributed by atoms with Crippen molar-refractivity contribution in [2.45, 2.75) is 31.0 Å². The van der Waals surface area contributed by atoms with Crippen molar-refractivity contribution in [1.29, 1.82) is 0 Å². The van der Waals surface area contributed by atoms with Gasteiger partial charge in [-0.2, -0.15) is 0 Å². The van der Waals surface area contributed by atoms with E-state index in [4.69, 9.17) is 9.47 Å². The first-order chi connectivity index (χ1) is 20.6. The van der Waals surface area contributed by atoms with Crippen LogP contribution in [0.3, 0.4) is 0 Å². The van der Waals surface area contributed by atoms with Gasteiger partial charge in [-0.3, -0.25) is 14.2 Å². The third-order valence-electron chi connectivity index (χ3n) is 7.44. The van der Waals surface area contributed by atoms with Crippen LogP contribution < -0.4 is 14.8 Å². The van der Waals surface area contributed by atoms with Crippen molar-refractivity contribution in [2.24, 2.45) is 5.92 Å². The molecular formula is C32H35N5O4S. The number of likely N-dealkylation sites (tertiary alicyclic amines) is 1. The van der Waals surface area contributed by atoms with Gasteiger partial charge in [0.15, 0.2) is 11.0 Å². The number of hydrogen-bond donors (Lipinski definition) is 1. The molecule has 1 fully saturated rings. The number of para-hydroxylation sites is 2. The van der Waals surface area contributed by atoms with Gasteiger partial charge >= 0.3 is 0 Å². The molecule has 0 bridgehead atoms. The van der Waals surface area contributed by atoms with Crippen molar-refractivity contribution < 1.29 is 19.1 Å². The van der Waals surface area contributed by atoms with Crippen LogP contribution >= 0.6 is 11.8 Å². The van der Waals surface area contributed by atoms with Gasteiger partial charge in [0.1, 0.15) is 11.5 Å². The minimum atomic E-state index is -0.243. The van der Waals surface area contributed by atoms with Crippen molar-refractivity contribution in [3.63, 3.8) is 0 Å². The number of carbonyl (C=O) groups is 2. The summed E-state index contributed by atoms with van der Waals surface area (Å²) in [5.74, 6) is 2.51. The van der Waals surface area contributed by atoms with Crippen LogP contribution in [-0.4, -0.2) is 64.5 Å². The van der Waals surface area contributed by atoms with E-state index >= 15 is 0 Å². The fourth-order valence-corrected chi connectivity index (χ4v) is 5.99. The van der Waals surface area contributed by atoms with Gasteiger partial charge in [-0.05, 0) is 67.1 Å². The van der Waals surface area contributed by atoms with E-state index in [1.807, 2.05) is 39.8 Å². The van der Waals surface area contributed by atoms with Crippen LogP contribution in [0.1, 0.15) is 34.6 Å². The fourth-order valence-electron chi connectivity index (χ4n) is 5.12. The number of benzene rings is 3. The molecule has 2 heterocycles. The second kappa shape index (κ2) is 14.0. The lowest BCUT2D eigenvalue weighted by Gasteiger charge is -2.32. The quantitative estimate of drug-likeness (QED) is 0.253. The normalized spacial score (nSPS) is 13.5. The summed E-state index contributed by atoms with van der Waals surface area (Å²) in [4.78, 5) is 28.0. The monoisotopic (exact) mass is 585 g/mol. The molecule has 10 heteroatoms. The Morgan fingerprint density at radius 2 is 1.62 bits per heavy atom. The van der Waals surface area contributed by atoms with Gasteiger partial charge in [0, 0.05) is 18.7 Å². The van der Waals surface area contributed by atoms with E-state index in [9.17, 15) is 9.59 Å². The molecule has 0 aliphatic carbocycles. The zero-order chi connectivity index (χ0) is 29.3. The van der Waals surface area contributed by atoms with Crippen molar-refractivity contribution in [1.82, 2.24) is 25.0 Å². The lowest BCUT2D eigenvalue weighted by Crippen LogP contribution is -2.39. The molecular weight excluding hydrogens is 550 g/mol. The Labute approximate surface area is 250 Å². The standard InChI is InChI=1S/C32H35N5O4S/c1-40-26-14-12-25(13-15-26)31(39)33-21-29-34-35-32(37(29)27-10-6-7-11-28(27)41-2)42-22-30(38)36-18-16-24(17-19-36)20-23-8-4-3-5-9-23/h3-15,24H,16-22H2,1-2H3,(H,33,39). The number of amides is 2. The highest BCUT2D eigenvalue weighted by Gasteiger charge is 2.25. The molecule has 5 rings (SSSR count). The van der Waals surface area contributed by atoms with E-state index in [1.54, 1.807) is 38.5 Å². The molecule has 4 aromatic rings. The van der Waals surface area contributed by atoms with Crippen LogP contribution in [0.2, 0.25) is 0 Å². The molecule has 0 spiro atoms. The molecule has 0 saturated carbocycles. The van der Waals surface area contributed by atoms with E-state index < -0.39 is 0 Å². The number of aromatic nitrogens is 3. The third-order valence-corrected chi connectivity index (χ3v) is 8.36. The predicted molar refractivity (Wildman–Crippen MR) is 162 cm³/mol. The average molecular weight is 586 g/mol. The van der Waals surface area contributed by atoms with Gasteiger partial charge in [0.05, 0.1) is 32.2 Å². The van der Waals surface area contributed by atoms with Crippen molar-refractivity contribution in [2.75, 3.05) is 33.1 Å². The predicted octanol–water partition coefficient (Wildman–Crippen LogP) is 4.79. The topological polar surface area (TPSA) is 98.6 Å². The maximum absolute atomic E-state index is 13.2. The molecule has 2 amide bonds. The molecule has 3 aromatic carbocycles. The summed E-state index contributed by atoms with van der Waals surface area (Å²) in [6, 6.07) is 25.0. The SMILES string of the molecule is COc1ccc(C(=O)NCc2nnc(SCC(=O)N3CCC(Cc4ccccc4)CC3)n2-c2ccccc2OC)cc1. The summed E-state index contributed by atoms with van der Waals surface area (Å²) in [7, 11) is 3.18. The highest BCUT2D eigenvalue weighted by Crippen LogP contribution is 2.29. The van der Waals surface area contributed by atoms with E-state index in [2.05, 4.69) is 39.8 Å². The molecule has 1 aliphatic heterocycles. The van der Waals surface area contributed by atoms with Crippen molar-refractivity contribution >= 4 is 23.6 Å². The Hall–Kier alpha value is -4.31. The maximum atomic E-state index is 13.2. The van der Waals surface area contributed by atoms with Crippen LogP contribution in [-0.2, 0) is 17.8 Å². The summed E-state index contributed by atoms with van der Waals surface area (Å²) in [6.45, 7) is 1.66. The van der Waals surface area contributed by atoms with E-state index in [1.165, 1.54) is 17.3 Å². The number of piperidine rings is 1. The molecule has 218 valence electrons. The van der Waals surface area contributed by atoms with E-state index in [-0.39, 0.29) is 24.1 Å². The van der Waals surface area contributed by atoms with Gasteiger partial charge < -0.3 is 19.7 Å². The van der Waals surface area contributed by atoms with Crippen molar-refractivity contribution in [3.8, 4) is 17.2 Å². The number of methoxy groups -OCH3 is 2. The minimum absolute atomic E-state index is 0.0853. The lowest BCUT2D eigenvalue weighted by atomic mass is 9.90. The van der Waals surface area contributed by atoms with Crippen LogP contribution in [0.5, 0.6) is 11.5 Å². The van der Waals surface area contributed by atoms with Gasteiger partial charge in [-0.25, -0.2) is 0 Å². The minimum Gasteiger partial charge on any atom is -0.497 e. The summed E-state index contributed by atoms with van der Waals surface area (Å²) in [6.07, 6.45) is 3.05. The Kier molecular flexibility index (Phi) is 9.76. The zero-order valence-electron chi connectivity index (χ0n) is 23.9. The number of nitrogens with zero attached hydrogens (tertiary/aromatic N) is 4. The zero-order valence-corrected chi connectivity index (χ0v) is 24.7. The summed E-state index contributed by atoms with van der Waals surface area (Å²) in [5, 5.41) is 12.3. The van der Waals surface area contributed by atoms with E-state index in [0.29, 0.717) is 34.0 Å². The average Bonchev–Trinajstić information content (AvgIpc) is 3.45. The number of thioether (sulfide) groups is 1. The fraction of sp³-hybridized carbons (Fsp3) is 0.312. The summed E-state index contributed by atoms with van der Waals surface area (Å²) < 4.78 is 12.6. The first kappa shape index (κ1) is 29.2. The van der Waals surface area contributed by atoms with Crippen LogP contribution in [0, 0.1) is 5.92 Å². The molecule has 0 radical (unpaired) electrons. The first-order valence-corrected chi connectivity index (χ1v) is 15.0. The first-order valence-electron chi connectivity index (χ1n) is 14.0. The third kappa shape index (κ3) is 7.12. The number of hydrogen-bond acceptors (Lipinski definition) is 7. The Morgan fingerprint density at radius 3 is 2.33 bits per heavy atom. The summed E-state index contributed by atoms with van der Waals surface area (Å²) in [5.41, 5.74) is 2.59.